The predicted octanol–water partition coefficient (Wildman–Crippen LogP) is 1.34. The zero-order chi connectivity index (χ0) is 14.0. The number of aliphatic hydroxyl groups is 2. The lowest BCUT2D eigenvalue weighted by molar-refractivity contribution is 0.0903. The number of carbonyl (C=O) groups excluding carboxylic acids is 1. The first-order valence-electron chi connectivity index (χ1n) is 6.06. The summed E-state index contributed by atoms with van der Waals surface area (Å²) in [4.78, 5) is 12.0. The van der Waals surface area contributed by atoms with Crippen molar-refractivity contribution in [2.24, 2.45) is 5.92 Å². The maximum absolute atomic E-state index is 13.6. The van der Waals surface area contributed by atoms with E-state index in [0.29, 0.717) is 12.8 Å². The Hall–Kier alpha value is -1.17. The zero-order valence-electron chi connectivity index (χ0n) is 10.1. The molecule has 6 heteroatoms. The average molecular weight is 288 g/mol. The van der Waals surface area contributed by atoms with Crippen molar-refractivity contribution in [3.05, 3.63) is 34.6 Å². The minimum atomic E-state index is -0.678. The van der Waals surface area contributed by atoms with Crippen molar-refractivity contribution in [1.82, 2.24) is 5.32 Å². The zero-order valence-corrected chi connectivity index (χ0v) is 10.9. The van der Waals surface area contributed by atoms with Gasteiger partial charge in [-0.1, -0.05) is 17.7 Å². The molecule has 1 saturated carbocycles. The smallest absolute Gasteiger partial charge is 0.255 e. The lowest BCUT2D eigenvalue weighted by Crippen LogP contribution is -2.34. The summed E-state index contributed by atoms with van der Waals surface area (Å²) in [7, 11) is 0. The third-order valence-electron chi connectivity index (χ3n) is 3.42. The summed E-state index contributed by atoms with van der Waals surface area (Å²) in [6, 6.07) is 3.76. The lowest BCUT2D eigenvalue weighted by atomic mass is 10.1. The van der Waals surface area contributed by atoms with Crippen LogP contribution in [0.1, 0.15) is 23.2 Å². The Kier molecular flexibility index (Phi) is 4.39. The molecular weight excluding hydrogens is 273 g/mol. The number of hydrogen-bond donors (Lipinski definition) is 3. The third kappa shape index (κ3) is 3.05. The number of amides is 1. The summed E-state index contributed by atoms with van der Waals surface area (Å²) in [5.74, 6) is -1.53. The maximum Gasteiger partial charge on any atom is 0.255 e. The molecule has 1 aromatic carbocycles. The molecule has 0 spiro atoms. The Balaban J connectivity index is 2.06. The lowest BCUT2D eigenvalue weighted by Gasteiger charge is -2.13. The minimum Gasteiger partial charge on any atom is -0.396 e. The van der Waals surface area contributed by atoms with Gasteiger partial charge in [0.25, 0.3) is 5.91 Å². The van der Waals surface area contributed by atoms with Crippen LogP contribution in [0.25, 0.3) is 0 Å². The van der Waals surface area contributed by atoms with Crippen LogP contribution in [0.3, 0.4) is 0 Å². The van der Waals surface area contributed by atoms with E-state index in [2.05, 4.69) is 5.32 Å². The highest BCUT2D eigenvalue weighted by molar-refractivity contribution is 6.33. The molecule has 0 aliphatic heterocycles. The normalized spacial score (nSPS) is 26.4. The Morgan fingerprint density at radius 3 is 2.79 bits per heavy atom. The summed E-state index contributed by atoms with van der Waals surface area (Å²) in [6.45, 7) is -0.131. The van der Waals surface area contributed by atoms with Gasteiger partial charge in [-0.25, -0.2) is 4.39 Å². The van der Waals surface area contributed by atoms with E-state index in [1.807, 2.05) is 0 Å². The highest BCUT2D eigenvalue weighted by Gasteiger charge is 2.33. The van der Waals surface area contributed by atoms with E-state index >= 15 is 0 Å². The van der Waals surface area contributed by atoms with E-state index in [1.54, 1.807) is 0 Å². The molecule has 0 bridgehead atoms. The van der Waals surface area contributed by atoms with Gasteiger partial charge in [-0.3, -0.25) is 4.79 Å². The van der Waals surface area contributed by atoms with Crippen LogP contribution in [0.5, 0.6) is 0 Å². The van der Waals surface area contributed by atoms with Crippen molar-refractivity contribution in [2.75, 3.05) is 6.61 Å². The molecule has 104 valence electrons. The van der Waals surface area contributed by atoms with E-state index < -0.39 is 17.8 Å². The topological polar surface area (TPSA) is 69.6 Å². The second-order valence-electron chi connectivity index (χ2n) is 4.75. The number of aliphatic hydroxyl groups excluding tert-OH is 2. The van der Waals surface area contributed by atoms with Gasteiger partial charge in [0, 0.05) is 18.6 Å². The molecule has 1 amide bonds. The molecule has 3 N–H and O–H groups in total. The van der Waals surface area contributed by atoms with Crippen LogP contribution < -0.4 is 5.32 Å². The number of benzene rings is 1. The largest absolute Gasteiger partial charge is 0.396 e. The third-order valence-corrected chi connectivity index (χ3v) is 3.73. The van der Waals surface area contributed by atoms with Crippen molar-refractivity contribution in [3.8, 4) is 0 Å². The van der Waals surface area contributed by atoms with E-state index in [4.69, 9.17) is 16.7 Å². The maximum atomic E-state index is 13.6. The van der Waals surface area contributed by atoms with E-state index in [9.17, 15) is 14.3 Å². The summed E-state index contributed by atoms with van der Waals surface area (Å²) >= 11 is 5.80. The molecule has 19 heavy (non-hydrogen) atoms. The van der Waals surface area contributed by atoms with Crippen molar-refractivity contribution in [2.45, 2.75) is 25.0 Å². The Bertz CT molecular complexity index is 463. The highest BCUT2D eigenvalue weighted by atomic mass is 35.5. The second kappa shape index (κ2) is 5.86. The Morgan fingerprint density at radius 2 is 2.21 bits per heavy atom. The summed E-state index contributed by atoms with van der Waals surface area (Å²) in [5, 5.41) is 21.4. The van der Waals surface area contributed by atoms with Gasteiger partial charge in [0.15, 0.2) is 0 Å². The molecule has 1 fully saturated rings. The van der Waals surface area contributed by atoms with Gasteiger partial charge < -0.3 is 15.5 Å². The number of halogens is 2. The van der Waals surface area contributed by atoms with Gasteiger partial charge >= 0.3 is 0 Å². The van der Waals surface area contributed by atoms with Crippen LogP contribution >= 0.6 is 11.6 Å². The Labute approximate surface area is 115 Å². The number of hydrogen-bond acceptors (Lipinski definition) is 3. The first-order chi connectivity index (χ1) is 9.02. The summed E-state index contributed by atoms with van der Waals surface area (Å²) in [5.41, 5.74) is -0.189. The molecule has 0 heterocycles. The molecule has 0 aromatic heterocycles. The monoisotopic (exact) mass is 287 g/mol. The average Bonchev–Trinajstić information content (AvgIpc) is 2.69. The van der Waals surface area contributed by atoms with Crippen LogP contribution in [-0.4, -0.2) is 34.9 Å². The standard InChI is InChI=1S/C13H15ClFNO3/c14-9-2-1-3-10(15)12(9)13(19)16-8-4-7(6-17)11(18)5-8/h1-3,7-8,11,17-18H,4-6H2,(H,16,19)/t7-,8+,11+/m0/s1. The summed E-state index contributed by atoms with van der Waals surface area (Å²) in [6.07, 6.45) is 0.171. The molecule has 0 saturated heterocycles. The van der Waals surface area contributed by atoms with E-state index in [1.165, 1.54) is 18.2 Å². The first-order valence-corrected chi connectivity index (χ1v) is 6.44. The fraction of sp³-hybridized carbons (Fsp3) is 0.462. The molecule has 1 aliphatic rings. The van der Waals surface area contributed by atoms with Crippen molar-refractivity contribution >= 4 is 17.5 Å². The molecule has 1 aliphatic carbocycles. The molecule has 1 aromatic rings. The van der Waals surface area contributed by atoms with E-state index in [-0.39, 0.29) is 29.2 Å². The van der Waals surface area contributed by atoms with Crippen LogP contribution in [0.4, 0.5) is 4.39 Å². The first kappa shape index (κ1) is 14.2. The van der Waals surface area contributed by atoms with Crippen LogP contribution in [-0.2, 0) is 0 Å². The van der Waals surface area contributed by atoms with Crippen LogP contribution in [0.2, 0.25) is 5.02 Å². The Morgan fingerprint density at radius 1 is 1.47 bits per heavy atom. The predicted molar refractivity (Wildman–Crippen MR) is 68.5 cm³/mol. The number of carbonyl (C=O) groups is 1. The SMILES string of the molecule is O=C(N[C@@H]1C[C@@H](CO)[C@H](O)C1)c1c(F)cccc1Cl. The molecule has 2 rings (SSSR count). The molecule has 3 atom stereocenters. The number of nitrogens with one attached hydrogen (secondary N) is 1. The molecule has 0 radical (unpaired) electrons. The molecular formula is C13H15ClFNO3. The van der Waals surface area contributed by atoms with Gasteiger partial charge in [0.1, 0.15) is 5.82 Å². The van der Waals surface area contributed by atoms with Crippen molar-refractivity contribution < 1.29 is 19.4 Å². The number of rotatable bonds is 3. The highest BCUT2D eigenvalue weighted by Crippen LogP contribution is 2.26. The van der Waals surface area contributed by atoms with Crippen molar-refractivity contribution in [1.29, 1.82) is 0 Å². The van der Waals surface area contributed by atoms with Gasteiger partial charge in [-0.15, -0.1) is 0 Å². The fourth-order valence-electron chi connectivity index (χ4n) is 2.39. The second-order valence-corrected chi connectivity index (χ2v) is 5.16. The molecule has 4 nitrogen and oxygen atoms in total. The van der Waals surface area contributed by atoms with Gasteiger partial charge in [-0.05, 0) is 25.0 Å². The molecule has 0 unspecified atom stereocenters. The van der Waals surface area contributed by atoms with Gasteiger partial charge in [0.2, 0.25) is 0 Å². The van der Waals surface area contributed by atoms with E-state index in [0.717, 1.165) is 0 Å². The fourth-order valence-corrected chi connectivity index (χ4v) is 2.64. The van der Waals surface area contributed by atoms with Crippen LogP contribution in [0, 0.1) is 11.7 Å². The summed E-state index contributed by atoms with van der Waals surface area (Å²) < 4.78 is 13.6. The van der Waals surface area contributed by atoms with Crippen molar-refractivity contribution in [3.63, 3.8) is 0 Å². The quantitative estimate of drug-likeness (QED) is 0.786. The minimum absolute atomic E-state index is 0.0507. The van der Waals surface area contributed by atoms with Crippen LogP contribution in [0.15, 0.2) is 18.2 Å². The van der Waals surface area contributed by atoms with Gasteiger partial charge in [0.05, 0.1) is 16.7 Å². The van der Waals surface area contributed by atoms with Gasteiger partial charge in [-0.2, -0.15) is 0 Å².